The van der Waals surface area contributed by atoms with Crippen molar-refractivity contribution >= 4 is 5.69 Å². The number of benzene rings is 1. The van der Waals surface area contributed by atoms with Gasteiger partial charge in [-0.15, -0.1) is 0 Å². The van der Waals surface area contributed by atoms with Crippen LogP contribution in [0.15, 0.2) is 18.2 Å². The maximum atomic E-state index is 14.2. The Kier molecular flexibility index (Phi) is 4.42. The van der Waals surface area contributed by atoms with Crippen molar-refractivity contribution in [3.05, 3.63) is 29.6 Å². The number of para-hydroxylation sites is 1. The molecule has 1 fully saturated rings. The molecule has 0 radical (unpaired) electrons. The summed E-state index contributed by atoms with van der Waals surface area (Å²) in [6.07, 6.45) is 0.355. The van der Waals surface area contributed by atoms with E-state index in [1.54, 1.807) is 13.0 Å². The number of anilines is 1. The predicted molar refractivity (Wildman–Crippen MR) is 76.0 cm³/mol. The molecule has 0 amide bonds. The highest BCUT2D eigenvalue weighted by molar-refractivity contribution is 5.56. The van der Waals surface area contributed by atoms with Crippen LogP contribution in [0.1, 0.15) is 31.9 Å². The van der Waals surface area contributed by atoms with Crippen LogP contribution in [0.4, 0.5) is 10.1 Å². The van der Waals surface area contributed by atoms with Crippen LogP contribution < -0.4 is 4.90 Å². The summed E-state index contributed by atoms with van der Waals surface area (Å²) in [5.74, 6) is -0.241. The van der Waals surface area contributed by atoms with E-state index in [9.17, 15) is 9.50 Å². The first-order valence-electron chi connectivity index (χ1n) is 6.92. The fourth-order valence-electron chi connectivity index (χ4n) is 2.88. The molecule has 3 nitrogen and oxygen atoms in total. The SMILES string of the molecule is CC(O)c1cccc(F)c1N1CCCN(C)CC1C. The summed E-state index contributed by atoms with van der Waals surface area (Å²) in [5.41, 5.74) is 1.25. The highest BCUT2D eigenvalue weighted by Crippen LogP contribution is 2.31. The molecule has 2 atom stereocenters. The van der Waals surface area contributed by atoms with Crippen LogP contribution >= 0.6 is 0 Å². The monoisotopic (exact) mass is 266 g/mol. The quantitative estimate of drug-likeness (QED) is 0.890. The molecule has 0 aromatic heterocycles. The number of aliphatic hydroxyl groups is 1. The molecule has 1 N–H and O–H groups in total. The van der Waals surface area contributed by atoms with Gasteiger partial charge in [0.1, 0.15) is 5.82 Å². The number of aliphatic hydroxyl groups excluding tert-OH is 1. The van der Waals surface area contributed by atoms with Gasteiger partial charge >= 0.3 is 0 Å². The first-order valence-corrected chi connectivity index (χ1v) is 6.92. The molecule has 19 heavy (non-hydrogen) atoms. The minimum atomic E-state index is -0.654. The van der Waals surface area contributed by atoms with Crippen molar-refractivity contribution < 1.29 is 9.50 Å². The molecule has 2 rings (SSSR count). The fraction of sp³-hybridized carbons (Fsp3) is 0.600. The van der Waals surface area contributed by atoms with Gasteiger partial charge in [-0.2, -0.15) is 0 Å². The van der Waals surface area contributed by atoms with Crippen LogP contribution in [0.2, 0.25) is 0 Å². The van der Waals surface area contributed by atoms with Crippen molar-refractivity contribution in [2.75, 3.05) is 31.6 Å². The highest BCUT2D eigenvalue weighted by Gasteiger charge is 2.25. The van der Waals surface area contributed by atoms with Crippen LogP contribution in [0.5, 0.6) is 0 Å². The van der Waals surface area contributed by atoms with Crippen molar-refractivity contribution in [1.29, 1.82) is 0 Å². The van der Waals surface area contributed by atoms with Crippen LogP contribution in [0.3, 0.4) is 0 Å². The zero-order valence-corrected chi connectivity index (χ0v) is 11.9. The van der Waals surface area contributed by atoms with Gasteiger partial charge in [0.05, 0.1) is 11.8 Å². The molecule has 1 aliphatic heterocycles. The van der Waals surface area contributed by atoms with Crippen LogP contribution in [0.25, 0.3) is 0 Å². The van der Waals surface area contributed by atoms with Gasteiger partial charge in [-0.3, -0.25) is 0 Å². The van der Waals surface area contributed by atoms with Gasteiger partial charge in [0.15, 0.2) is 0 Å². The number of rotatable bonds is 2. The Morgan fingerprint density at radius 2 is 2.11 bits per heavy atom. The molecular formula is C15H23FN2O. The van der Waals surface area contributed by atoms with Gasteiger partial charge in [0.2, 0.25) is 0 Å². The Hall–Kier alpha value is -1.13. The van der Waals surface area contributed by atoms with Crippen molar-refractivity contribution in [2.24, 2.45) is 0 Å². The summed E-state index contributed by atoms with van der Waals surface area (Å²) in [6, 6.07) is 5.18. The van der Waals surface area contributed by atoms with Gasteiger partial charge in [-0.05, 0) is 39.9 Å². The van der Waals surface area contributed by atoms with E-state index in [1.807, 2.05) is 6.07 Å². The summed E-state index contributed by atoms with van der Waals surface area (Å²) in [7, 11) is 2.09. The molecule has 106 valence electrons. The first kappa shape index (κ1) is 14.3. The van der Waals surface area contributed by atoms with E-state index < -0.39 is 6.10 Å². The topological polar surface area (TPSA) is 26.7 Å². The third-order valence-electron chi connectivity index (χ3n) is 3.80. The second-order valence-electron chi connectivity index (χ2n) is 5.51. The zero-order chi connectivity index (χ0) is 14.0. The highest BCUT2D eigenvalue weighted by atomic mass is 19.1. The summed E-state index contributed by atoms with van der Waals surface area (Å²) in [5, 5.41) is 9.86. The Bertz CT molecular complexity index is 436. The van der Waals surface area contributed by atoms with Crippen LogP contribution in [-0.4, -0.2) is 42.7 Å². The molecule has 1 heterocycles. The summed E-state index contributed by atoms with van der Waals surface area (Å²) in [4.78, 5) is 4.37. The second-order valence-corrected chi connectivity index (χ2v) is 5.51. The van der Waals surface area contributed by atoms with Crippen molar-refractivity contribution in [2.45, 2.75) is 32.4 Å². The third-order valence-corrected chi connectivity index (χ3v) is 3.80. The first-order chi connectivity index (χ1) is 9.00. The lowest BCUT2D eigenvalue weighted by Gasteiger charge is -2.32. The fourth-order valence-corrected chi connectivity index (χ4v) is 2.88. The molecule has 0 saturated carbocycles. The molecule has 4 heteroatoms. The van der Waals surface area contributed by atoms with Crippen LogP contribution in [-0.2, 0) is 0 Å². The van der Waals surface area contributed by atoms with E-state index >= 15 is 0 Å². The van der Waals surface area contributed by atoms with Crippen molar-refractivity contribution in [3.63, 3.8) is 0 Å². The van der Waals surface area contributed by atoms with E-state index in [2.05, 4.69) is 23.8 Å². The van der Waals surface area contributed by atoms with Gasteiger partial charge in [-0.1, -0.05) is 12.1 Å². The molecule has 0 aliphatic carbocycles. The summed E-state index contributed by atoms with van der Waals surface area (Å²) in [6.45, 7) is 6.56. The average molecular weight is 266 g/mol. The average Bonchev–Trinajstić information content (AvgIpc) is 2.50. The minimum Gasteiger partial charge on any atom is -0.389 e. The maximum Gasteiger partial charge on any atom is 0.146 e. The van der Waals surface area contributed by atoms with E-state index in [4.69, 9.17) is 0 Å². The van der Waals surface area contributed by atoms with Gasteiger partial charge in [0.25, 0.3) is 0 Å². The smallest absolute Gasteiger partial charge is 0.146 e. The lowest BCUT2D eigenvalue weighted by atomic mass is 10.1. The maximum absolute atomic E-state index is 14.2. The van der Waals surface area contributed by atoms with Crippen LogP contribution in [0, 0.1) is 5.82 Å². The summed E-state index contributed by atoms with van der Waals surface area (Å²) >= 11 is 0. The number of likely N-dealkylation sites (N-methyl/N-ethyl adjacent to an activating group) is 1. The number of nitrogens with zero attached hydrogens (tertiary/aromatic N) is 2. The molecule has 1 aromatic carbocycles. The normalized spacial score (nSPS) is 23.2. The Balaban J connectivity index is 2.39. The Morgan fingerprint density at radius 3 is 2.79 bits per heavy atom. The number of hydrogen-bond acceptors (Lipinski definition) is 3. The summed E-state index contributed by atoms with van der Waals surface area (Å²) < 4.78 is 14.2. The van der Waals surface area contributed by atoms with Gasteiger partial charge in [-0.25, -0.2) is 4.39 Å². The number of hydrogen-bond donors (Lipinski definition) is 1. The standard InChI is InChI=1S/C15H23FN2O/c1-11-10-17(3)8-5-9-18(11)15-13(12(2)19)6-4-7-14(15)16/h4,6-7,11-12,19H,5,8-10H2,1-3H3. The van der Waals surface area contributed by atoms with E-state index in [1.165, 1.54) is 6.07 Å². The lowest BCUT2D eigenvalue weighted by Crippen LogP contribution is -2.39. The second kappa shape index (κ2) is 5.88. The molecule has 0 spiro atoms. The molecule has 0 bridgehead atoms. The van der Waals surface area contributed by atoms with E-state index in [0.29, 0.717) is 11.3 Å². The molecule has 1 saturated heterocycles. The Labute approximate surface area is 114 Å². The van der Waals surface area contributed by atoms with Crippen molar-refractivity contribution in [1.82, 2.24) is 4.90 Å². The minimum absolute atomic E-state index is 0.238. The lowest BCUT2D eigenvalue weighted by molar-refractivity contribution is 0.199. The van der Waals surface area contributed by atoms with E-state index in [-0.39, 0.29) is 11.9 Å². The third kappa shape index (κ3) is 3.07. The molecule has 2 unspecified atom stereocenters. The largest absolute Gasteiger partial charge is 0.389 e. The molecule has 1 aliphatic rings. The number of halogens is 1. The van der Waals surface area contributed by atoms with E-state index in [0.717, 1.165) is 26.1 Å². The zero-order valence-electron chi connectivity index (χ0n) is 11.9. The molecular weight excluding hydrogens is 243 g/mol. The van der Waals surface area contributed by atoms with Gasteiger partial charge in [0, 0.05) is 24.7 Å². The van der Waals surface area contributed by atoms with Gasteiger partial charge < -0.3 is 14.9 Å². The Morgan fingerprint density at radius 1 is 1.37 bits per heavy atom. The van der Waals surface area contributed by atoms with Crippen molar-refractivity contribution in [3.8, 4) is 0 Å². The molecule has 1 aromatic rings. The predicted octanol–water partition coefficient (Wildman–Crippen LogP) is 2.41.